The third kappa shape index (κ3) is 3.56. The first-order chi connectivity index (χ1) is 14.3. The van der Waals surface area contributed by atoms with Crippen molar-refractivity contribution in [3.8, 4) is 11.8 Å². The number of nitrogens with one attached hydrogen (secondary N) is 1. The standard InChI is InChI=1S/C24H30ClN3O2/c1-14-7-16-10-24(3,13-26)11-17(8-14)28(16)21(29)9-15(2)18-12-27-19-5-6-20(30-4)23(25)22(18)19/h5-6,12,14-17,27H,7-11H2,1-4H3. The lowest BCUT2D eigenvalue weighted by Crippen LogP contribution is -2.58. The van der Waals surface area contributed by atoms with Crippen molar-refractivity contribution in [3.63, 3.8) is 0 Å². The summed E-state index contributed by atoms with van der Waals surface area (Å²) < 4.78 is 5.38. The SMILES string of the molecule is COc1ccc2[nH]cc(C(C)CC(=O)N3C4CC(C)CC3CC(C)(C#N)C4)c2c1Cl. The van der Waals surface area contributed by atoms with Gasteiger partial charge in [-0.05, 0) is 62.1 Å². The van der Waals surface area contributed by atoms with Crippen LogP contribution in [-0.4, -0.2) is 35.0 Å². The summed E-state index contributed by atoms with van der Waals surface area (Å²) in [7, 11) is 1.61. The number of ether oxygens (including phenoxy) is 1. The van der Waals surface area contributed by atoms with Crippen molar-refractivity contribution in [3.05, 3.63) is 28.9 Å². The van der Waals surface area contributed by atoms with Crippen LogP contribution in [0.5, 0.6) is 5.75 Å². The number of piperidine rings is 2. The number of amides is 1. The largest absolute Gasteiger partial charge is 0.495 e. The molecule has 2 fully saturated rings. The van der Waals surface area contributed by atoms with Crippen molar-refractivity contribution >= 4 is 28.4 Å². The zero-order valence-corrected chi connectivity index (χ0v) is 18.9. The van der Waals surface area contributed by atoms with Gasteiger partial charge in [0.05, 0.1) is 23.6 Å². The molecule has 4 rings (SSSR count). The third-order valence-corrected chi connectivity index (χ3v) is 7.45. The summed E-state index contributed by atoms with van der Waals surface area (Å²) in [6, 6.07) is 6.66. The van der Waals surface area contributed by atoms with Gasteiger partial charge in [-0.15, -0.1) is 0 Å². The number of aromatic nitrogens is 1. The first-order valence-electron chi connectivity index (χ1n) is 10.8. The zero-order valence-electron chi connectivity index (χ0n) is 18.2. The van der Waals surface area contributed by atoms with Crippen molar-refractivity contribution < 1.29 is 9.53 Å². The molecule has 2 aromatic rings. The van der Waals surface area contributed by atoms with Crippen molar-refractivity contribution in [2.75, 3.05) is 7.11 Å². The molecule has 1 N–H and O–H groups in total. The highest BCUT2D eigenvalue weighted by molar-refractivity contribution is 6.37. The Morgan fingerprint density at radius 3 is 2.67 bits per heavy atom. The molecule has 3 heterocycles. The maximum absolute atomic E-state index is 13.4. The van der Waals surface area contributed by atoms with Crippen LogP contribution in [0.15, 0.2) is 18.3 Å². The van der Waals surface area contributed by atoms with E-state index in [0.29, 0.717) is 23.1 Å². The van der Waals surface area contributed by atoms with Crippen LogP contribution >= 0.6 is 11.6 Å². The molecule has 1 aromatic carbocycles. The van der Waals surface area contributed by atoms with Gasteiger partial charge in [0, 0.05) is 35.6 Å². The maximum Gasteiger partial charge on any atom is 0.223 e. The second-order valence-corrected chi connectivity index (χ2v) is 10.00. The Labute approximate surface area is 183 Å². The quantitative estimate of drug-likeness (QED) is 0.686. The summed E-state index contributed by atoms with van der Waals surface area (Å²) in [6.45, 7) is 6.40. The molecule has 0 spiro atoms. The molecule has 2 aliphatic rings. The summed E-state index contributed by atoms with van der Waals surface area (Å²) in [6.07, 6.45) is 5.93. The predicted molar refractivity (Wildman–Crippen MR) is 119 cm³/mol. The number of halogens is 1. The number of benzene rings is 1. The second-order valence-electron chi connectivity index (χ2n) is 9.62. The van der Waals surface area contributed by atoms with Crippen LogP contribution in [0.25, 0.3) is 10.9 Å². The van der Waals surface area contributed by atoms with E-state index in [1.165, 1.54) is 0 Å². The monoisotopic (exact) mass is 427 g/mol. The van der Waals surface area contributed by atoms with E-state index in [0.717, 1.165) is 42.1 Å². The van der Waals surface area contributed by atoms with E-state index in [9.17, 15) is 10.1 Å². The molecule has 30 heavy (non-hydrogen) atoms. The van der Waals surface area contributed by atoms with Gasteiger partial charge in [0.25, 0.3) is 0 Å². The van der Waals surface area contributed by atoms with Crippen LogP contribution in [0.4, 0.5) is 0 Å². The molecule has 2 aliphatic heterocycles. The molecule has 0 aliphatic carbocycles. The Morgan fingerprint density at radius 2 is 2.07 bits per heavy atom. The average Bonchev–Trinajstić information content (AvgIpc) is 3.12. The highest BCUT2D eigenvalue weighted by Gasteiger charge is 2.47. The normalized spacial score (nSPS) is 29.5. The average molecular weight is 428 g/mol. The minimum absolute atomic E-state index is 0.0262. The maximum atomic E-state index is 13.4. The van der Waals surface area contributed by atoms with Gasteiger partial charge in [-0.1, -0.05) is 25.4 Å². The van der Waals surface area contributed by atoms with Gasteiger partial charge in [0.1, 0.15) is 5.75 Å². The number of methoxy groups -OCH3 is 1. The first kappa shape index (κ1) is 21.1. The third-order valence-electron chi connectivity index (χ3n) is 7.08. The molecule has 3 unspecified atom stereocenters. The van der Waals surface area contributed by atoms with Crippen molar-refractivity contribution in [2.24, 2.45) is 11.3 Å². The zero-order chi connectivity index (χ0) is 21.6. The minimum Gasteiger partial charge on any atom is -0.495 e. The first-order valence-corrected chi connectivity index (χ1v) is 11.2. The fraction of sp³-hybridized carbons (Fsp3) is 0.583. The number of rotatable bonds is 4. The van der Waals surface area contributed by atoms with Crippen molar-refractivity contribution in [2.45, 2.75) is 70.9 Å². The van der Waals surface area contributed by atoms with Gasteiger partial charge in [-0.25, -0.2) is 0 Å². The number of carbonyl (C=O) groups excluding carboxylic acids is 1. The Hall–Kier alpha value is -2.19. The summed E-state index contributed by atoms with van der Waals surface area (Å²) in [5, 5.41) is 11.2. The molecular weight excluding hydrogens is 398 g/mol. The molecule has 2 saturated heterocycles. The molecule has 3 atom stereocenters. The smallest absolute Gasteiger partial charge is 0.223 e. The van der Waals surface area contributed by atoms with Gasteiger partial charge in [-0.2, -0.15) is 5.26 Å². The molecule has 0 saturated carbocycles. The Balaban J connectivity index is 1.57. The molecule has 2 bridgehead atoms. The van der Waals surface area contributed by atoms with Crippen LogP contribution in [-0.2, 0) is 4.79 Å². The fourth-order valence-corrected chi connectivity index (χ4v) is 6.10. The number of nitriles is 1. The highest BCUT2D eigenvalue weighted by Crippen LogP contribution is 2.46. The number of aromatic amines is 1. The summed E-state index contributed by atoms with van der Waals surface area (Å²) in [5.74, 6) is 1.46. The number of carbonyl (C=O) groups is 1. The van der Waals surface area contributed by atoms with Crippen molar-refractivity contribution in [1.29, 1.82) is 5.26 Å². The van der Waals surface area contributed by atoms with E-state index in [1.54, 1.807) is 7.11 Å². The van der Waals surface area contributed by atoms with E-state index in [-0.39, 0.29) is 29.3 Å². The Kier molecular flexibility index (Phi) is 5.48. The van der Waals surface area contributed by atoms with E-state index in [4.69, 9.17) is 16.3 Å². The fourth-order valence-electron chi connectivity index (χ4n) is 5.75. The summed E-state index contributed by atoms with van der Waals surface area (Å²) in [5.41, 5.74) is 1.67. The minimum atomic E-state index is -0.321. The number of fused-ring (bicyclic) bond motifs is 3. The predicted octanol–water partition coefficient (Wildman–Crippen LogP) is 5.64. The van der Waals surface area contributed by atoms with Crippen LogP contribution in [0.2, 0.25) is 5.02 Å². The lowest BCUT2D eigenvalue weighted by Gasteiger charge is -2.52. The van der Waals surface area contributed by atoms with E-state index >= 15 is 0 Å². The van der Waals surface area contributed by atoms with Crippen LogP contribution in [0.3, 0.4) is 0 Å². The molecular formula is C24H30ClN3O2. The van der Waals surface area contributed by atoms with Crippen LogP contribution in [0, 0.1) is 22.7 Å². The summed E-state index contributed by atoms with van der Waals surface area (Å²) in [4.78, 5) is 18.8. The van der Waals surface area contributed by atoms with Gasteiger partial charge in [0.15, 0.2) is 0 Å². The van der Waals surface area contributed by atoms with E-state index < -0.39 is 0 Å². The van der Waals surface area contributed by atoms with Crippen LogP contribution < -0.4 is 4.74 Å². The Morgan fingerprint density at radius 1 is 1.40 bits per heavy atom. The number of nitrogens with zero attached hydrogens (tertiary/aromatic N) is 2. The van der Waals surface area contributed by atoms with Gasteiger partial charge < -0.3 is 14.6 Å². The van der Waals surface area contributed by atoms with Gasteiger partial charge in [-0.3, -0.25) is 4.79 Å². The lowest BCUT2D eigenvalue weighted by molar-refractivity contribution is -0.145. The number of H-pyrrole nitrogens is 1. The van der Waals surface area contributed by atoms with E-state index in [2.05, 4.69) is 36.7 Å². The molecule has 0 radical (unpaired) electrons. The van der Waals surface area contributed by atoms with E-state index in [1.807, 2.05) is 18.3 Å². The topological polar surface area (TPSA) is 69.1 Å². The van der Waals surface area contributed by atoms with Crippen LogP contribution in [0.1, 0.15) is 64.4 Å². The summed E-state index contributed by atoms with van der Waals surface area (Å²) >= 11 is 6.59. The molecule has 1 amide bonds. The molecule has 1 aromatic heterocycles. The second kappa shape index (κ2) is 7.81. The lowest BCUT2D eigenvalue weighted by atomic mass is 9.67. The molecule has 160 valence electrons. The number of hydrogen-bond donors (Lipinski definition) is 1. The highest BCUT2D eigenvalue weighted by atomic mass is 35.5. The van der Waals surface area contributed by atoms with Gasteiger partial charge >= 0.3 is 0 Å². The number of hydrogen-bond acceptors (Lipinski definition) is 3. The van der Waals surface area contributed by atoms with Crippen molar-refractivity contribution in [1.82, 2.24) is 9.88 Å². The van der Waals surface area contributed by atoms with Gasteiger partial charge in [0.2, 0.25) is 5.91 Å². The Bertz CT molecular complexity index is 992. The molecule has 6 heteroatoms. The molecule has 5 nitrogen and oxygen atoms in total.